The van der Waals surface area contributed by atoms with Gasteiger partial charge in [0.15, 0.2) is 5.82 Å². The zero-order chi connectivity index (χ0) is 23.5. The van der Waals surface area contributed by atoms with Gasteiger partial charge in [-0.05, 0) is 37.3 Å². The third-order valence-electron chi connectivity index (χ3n) is 4.61. The van der Waals surface area contributed by atoms with Crippen LogP contribution in [-0.4, -0.2) is 26.2 Å². The molecule has 0 radical (unpaired) electrons. The van der Waals surface area contributed by atoms with Crippen molar-refractivity contribution >= 4 is 46.3 Å². The van der Waals surface area contributed by atoms with Gasteiger partial charge in [0, 0.05) is 30.1 Å². The van der Waals surface area contributed by atoms with Crippen molar-refractivity contribution in [2.45, 2.75) is 13.5 Å². The molecule has 0 unspecified atom stereocenters. The summed E-state index contributed by atoms with van der Waals surface area (Å²) in [6.45, 7) is 1.54. The van der Waals surface area contributed by atoms with Crippen molar-refractivity contribution in [1.29, 1.82) is 0 Å². The van der Waals surface area contributed by atoms with Gasteiger partial charge in [0.25, 0.3) is 11.5 Å². The van der Waals surface area contributed by atoms with Crippen molar-refractivity contribution in [2.24, 2.45) is 0 Å². The van der Waals surface area contributed by atoms with E-state index in [4.69, 9.17) is 11.6 Å². The van der Waals surface area contributed by atoms with E-state index in [0.717, 1.165) is 11.3 Å². The van der Waals surface area contributed by atoms with E-state index in [9.17, 15) is 18.8 Å². The Hall–Kier alpha value is -3.76. The third kappa shape index (κ3) is 5.18. The number of aromatic nitrogens is 3. The van der Waals surface area contributed by atoms with Crippen LogP contribution in [0.1, 0.15) is 15.2 Å². The van der Waals surface area contributed by atoms with Gasteiger partial charge in [0.05, 0.1) is 20.6 Å². The van der Waals surface area contributed by atoms with Crippen LogP contribution in [0.4, 0.5) is 15.9 Å². The Bertz CT molecular complexity index is 1410. The molecule has 2 amide bonds. The van der Waals surface area contributed by atoms with Crippen LogP contribution in [0.5, 0.6) is 0 Å². The first-order chi connectivity index (χ1) is 15.8. The molecule has 3 aromatic heterocycles. The Balaban J connectivity index is 1.42. The van der Waals surface area contributed by atoms with Gasteiger partial charge in [-0.1, -0.05) is 17.7 Å². The number of anilines is 2. The first-order valence-electron chi connectivity index (χ1n) is 9.68. The summed E-state index contributed by atoms with van der Waals surface area (Å²) in [5, 5.41) is 9.38. The lowest BCUT2D eigenvalue weighted by Crippen LogP contribution is -2.20. The summed E-state index contributed by atoms with van der Waals surface area (Å²) in [5.74, 6) is -1.25. The van der Waals surface area contributed by atoms with Gasteiger partial charge < -0.3 is 10.6 Å². The molecular weight excluding hydrogens is 469 g/mol. The average Bonchev–Trinajstić information content (AvgIpc) is 3.35. The van der Waals surface area contributed by atoms with Crippen LogP contribution in [0.3, 0.4) is 0 Å². The predicted octanol–water partition coefficient (Wildman–Crippen LogP) is 4.09. The minimum atomic E-state index is -0.684. The topological polar surface area (TPSA) is 98.0 Å². The van der Waals surface area contributed by atoms with Crippen molar-refractivity contribution in [3.8, 4) is 5.69 Å². The SMILES string of the molecule is Cc1cn(CC(=O)Nc2ccc(-n3ccccc3=O)cc2F)nc1NC(=O)c1ccc(Cl)s1. The molecule has 0 aliphatic carbocycles. The highest BCUT2D eigenvalue weighted by Crippen LogP contribution is 2.23. The molecular formula is C22H17ClFN5O3S. The quantitative estimate of drug-likeness (QED) is 0.430. The second-order valence-electron chi connectivity index (χ2n) is 7.04. The largest absolute Gasteiger partial charge is 0.322 e. The molecule has 0 atom stereocenters. The number of rotatable bonds is 6. The zero-order valence-electron chi connectivity index (χ0n) is 17.2. The molecule has 4 aromatic rings. The molecule has 33 heavy (non-hydrogen) atoms. The summed E-state index contributed by atoms with van der Waals surface area (Å²) in [4.78, 5) is 37.0. The number of nitrogens with one attached hydrogen (secondary N) is 2. The lowest BCUT2D eigenvalue weighted by molar-refractivity contribution is -0.116. The van der Waals surface area contributed by atoms with E-state index in [0.29, 0.717) is 26.3 Å². The highest BCUT2D eigenvalue weighted by atomic mass is 35.5. The summed E-state index contributed by atoms with van der Waals surface area (Å²) in [7, 11) is 0. The van der Waals surface area contributed by atoms with Gasteiger partial charge in [-0.2, -0.15) is 5.10 Å². The smallest absolute Gasteiger partial charge is 0.266 e. The number of thiophene rings is 1. The average molecular weight is 486 g/mol. The van der Waals surface area contributed by atoms with Crippen molar-refractivity contribution < 1.29 is 14.0 Å². The number of nitrogens with zero attached hydrogens (tertiary/aromatic N) is 3. The number of amides is 2. The van der Waals surface area contributed by atoms with Crippen molar-refractivity contribution in [3.63, 3.8) is 0 Å². The van der Waals surface area contributed by atoms with Crippen LogP contribution in [0.15, 0.2) is 65.7 Å². The molecule has 168 valence electrons. The number of carbonyl (C=O) groups excluding carboxylic acids is 2. The molecule has 3 heterocycles. The van der Waals surface area contributed by atoms with Crippen LogP contribution in [-0.2, 0) is 11.3 Å². The van der Waals surface area contributed by atoms with Gasteiger partial charge in [-0.3, -0.25) is 23.6 Å². The van der Waals surface area contributed by atoms with Crippen molar-refractivity contribution in [3.05, 3.63) is 91.9 Å². The molecule has 11 heteroatoms. The van der Waals surface area contributed by atoms with Gasteiger partial charge in [-0.15, -0.1) is 11.3 Å². The Kier molecular flexibility index (Phi) is 6.38. The maximum absolute atomic E-state index is 14.5. The summed E-state index contributed by atoms with van der Waals surface area (Å²) in [5.41, 5.74) is 0.668. The summed E-state index contributed by atoms with van der Waals surface area (Å²) < 4.78 is 17.7. The molecule has 0 fully saturated rings. The van der Waals surface area contributed by atoms with Gasteiger partial charge in [0.1, 0.15) is 12.4 Å². The number of halogens is 2. The fourth-order valence-corrected chi connectivity index (χ4v) is 4.00. The van der Waals surface area contributed by atoms with E-state index in [1.807, 2.05) is 0 Å². The Labute approximate surface area is 196 Å². The Morgan fingerprint density at radius 1 is 1.15 bits per heavy atom. The molecule has 2 N–H and O–H groups in total. The first-order valence-corrected chi connectivity index (χ1v) is 10.9. The summed E-state index contributed by atoms with van der Waals surface area (Å²) in [6.07, 6.45) is 3.12. The highest BCUT2D eigenvalue weighted by Gasteiger charge is 2.15. The van der Waals surface area contributed by atoms with E-state index >= 15 is 0 Å². The molecule has 1 aromatic carbocycles. The molecule has 0 bridgehead atoms. The number of hydrogen-bond acceptors (Lipinski definition) is 5. The van der Waals surface area contributed by atoms with E-state index in [2.05, 4.69) is 15.7 Å². The van der Waals surface area contributed by atoms with Crippen molar-refractivity contribution in [2.75, 3.05) is 10.6 Å². The van der Waals surface area contributed by atoms with Gasteiger partial charge in [-0.25, -0.2) is 4.39 Å². The standard InChI is InChI=1S/C22H17ClFN5O3S/c1-13-11-28(27-21(13)26-22(32)17-7-8-18(23)33-17)12-19(30)25-16-6-5-14(10-15(16)24)29-9-3-2-4-20(29)31/h2-11H,12H2,1H3,(H,25,30)(H,26,27,32). The van der Waals surface area contributed by atoms with Gasteiger partial charge in [0.2, 0.25) is 5.91 Å². The third-order valence-corrected chi connectivity index (χ3v) is 5.84. The van der Waals surface area contributed by atoms with E-state index in [1.165, 1.54) is 39.7 Å². The fraction of sp³-hybridized carbons (Fsp3) is 0.0909. The molecule has 0 aliphatic rings. The normalized spacial score (nSPS) is 10.8. The number of benzene rings is 1. The second kappa shape index (κ2) is 9.39. The summed E-state index contributed by atoms with van der Waals surface area (Å²) in [6, 6.07) is 11.9. The van der Waals surface area contributed by atoms with E-state index < -0.39 is 11.7 Å². The molecule has 0 spiro atoms. The number of pyridine rings is 1. The molecule has 4 rings (SSSR count). The lowest BCUT2D eigenvalue weighted by atomic mass is 10.2. The van der Waals surface area contributed by atoms with Crippen LogP contribution >= 0.6 is 22.9 Å². The van der Waals surface area contributed by atoms with Crippen LogP contribution < -0.4 is 16.2 Å². The fourth-order valence-electron chi connectivity index (χ4n) is 3.06. The number of carbonyl (C=O) groups is 2. The highest BCUT2D eigenvalue weighted by molar-refractivity contribution is 7.18. The number of hydrogen-bond donors (Lipinski definition) is 2. The van der Waals surface area contributed by atoms with Crippen LogP contribution in [0, 0.1) is 12.7 Å². The molecule has 0 saturated heterocycles. The monoisotopic (exact) mass is 485 g/mol. The Morgan fingerprint density at radius 2 is 1.97 bits per heavy atom. The number of aryl methyl sites for hydroxylation is 1. The Morgan fingerprint density at radius 3 is 2.67 bits per heavy atom. The van der Waals surface area contributed by atoms with E-state index in [1.54, 1.807) is 37.4 Å². The summed E-state index contributed by atoms with van der Waals surface area (Å²) >= 11 is 7.00. The van der Waals surface area contributed by atoms with Crippen molar-refractivity contribution in [1.82, 2.24) is 14.3 Å². The predicted molar refractivity (Wildman–Crippen MR) is 125 cm³/mol. The minimum Gasteiger partial charge on any atom is -0.322 e. The molecule has 8 nitrogen and oxygen atoms in total. The second-order valence-corrected chi connectivity index (χ2v) is 8.75. The minimum absolute atomic E-state index is 0.0280. The maximum atomic E-state index is 14.5. The lowest BCUT2D eigenvalue weighted by Gasteiger charge is -2.10. The first kappa shape index (κ1) is 22.4. The van der Waals surface area contributed by atoms with Gasteiger partial charge >= 0.3 is 0 Å². The van der Waals surface area contributed by atoms with Crippen LogP contribution in [0.2, 0.25) is 4.34 Å². The zero-order valence-corrected chi connectivity index (χ0v) is 18.8. The molecule has 0 saturated carbocycles. The maximum Gasteiger partial charge on any atom is 0.266 e. The van der Waals surface area contributed by atoms with Crippen LogP contribution in [0.25, 0.3) is 5.69 Å². The van der Waals surface area contributed by atoms with E-state index in [-0.39, 0.29) is 23.7 Å². The molecule has 0 aliphatic heterocycles.